The van der Waals surface area contributed by atoms with Crippen LogP contribution in [0, 0.1) is 10.1 Å². The molecule has 2 aromatic heterocycles. The Morgan fingerprint density at radius 1 is 1.62 bits per heavy atom. The molecule has 0 aromatic carbocycles. The molecular weight excluding hydrogens is 296 g/mol. The zero-order valence-electron chi connectivity index (χ0n) is 11.6. The SMILES string of the molecule is COC1(CNc2nc3sccn3c2[N+](=O)[O-])CCOCC1. The second-order valence-corrected chi connectivity index (χ2v) is 5.82. The number of methoxy groups -OCH3 is 1. The van der Waals surface area contributed by atoms with Crippen LogP contribution >= 0.6 is 11.3 Å². The standard InChI is InChI=1S/C12H16N4O4S/c1-19-12(2-5-20-6-3-12)8-13-9-10(16(17)18)15-4-7-21-11(15)14-9/h4,7,13H,2-3,5-6,8H2,1H3. The van der Waals surface area contributed by atoms with Gasteiger partial charge in [0.15, 0.2) is 0 Å². The molecule has 1 N–H and O–H groups in total. The largest absolute Gasteiger partial charge is 0.381 e. The van der Waals surface area contributed by atoms with Gasteiger partial charge in [0.2, 0.25) is 5.82 Å². The van der Waals surface area contributed by atoms with Crippen LogP contribution in [0.1, 0.15) is 12.8 Å². The lowest BCUT2D eigenvalue weighted by atomic mass is 9.94. The third-order valence-electron chi connectivity index (χ3n) is 3.82. The molecule has 0 unspecified atom stereocenters. The van der Waals surface area contributed by atoms with E-state index in [1.165, 1.54) is 15.7 Å². The Kier molecular flexibility index (Phi) is 3.79. The van der Waals surface area contributed by atoms with Gasteiger partial charge in [0.1, 0.15) is 6.20 Å². The Balaban J connectivity index is 1.82. The van der Waals surface area contributed by atoms with Gasteiger partial charge in [-0.15, -0.1) is 0 Å². The van der Waals surface area contributed by atoms with Gasteiger partial charge in [-0.05, 0) is 4.92 Å². The summed E-state index contributed by atoms with van der Waals surface area (Å²) in [7, 11) is 1.66. The van der Waals surface area contributed by atoms with E-state index in [-0.39, 0.29) is 17.2 Å². The maximum Gasteiger partial charge on any atom is 0.372 e. The van der Waals surface area contributed by atoms with Crippen LogP contribution in [0.2, 0.25) is 0 Å². The van der Waals surface area contributed by atoms with Crippen molar-refractivity contribution in [1.29, 1.82) is 0 Å². The molecule has 3 heterocycles. The molecule has 9 heteroatoms. The summed E-state index contributed by atoms with van der Waals surface area (Å²) in [6.07, 6.45) is 3.16. The molecule has 0 amide bonds. The van der Waals surface area contributed by atoms with Crippen LogP contribution in [0.3, 0.4) is 0 Å². The molecule has 0 spiro atoms. The lowest BCUT2D eigenvalue weighted by Gasteiger charge is -2.35. The first kappa shape index (κ1) is 14.2. The van der Waals surface area contributed by atoms with Gasteiger partial charge in [0.05, 0.1) is 5.60 Å². The molecule has 0 bridgehead atoms. The van der Waals surface area contributed by atoms with Crippen molar-refractivity contribution in [3.8, 4) is 0 Å². The van der Waals surface area contributed by atoms with Gasteiger partial charge in [-0.3, -0.25) is 0 Å². The minimum Gasteiger partial charge on any atom is -0.381 e. The van der Waals surface area contributed by atoms with Crippen LogP contribution in [-0.2, 0) is 9.47 Å². The minimum atomic E-state index is -0.418. The molecule has 8 nitrogen and oxygen atoms in total. The number of aromatic nitrogens is 2. The van der Waals surface area contributed by atoms with Crippen LogP contribution in [0.25, 0.3) is 4.96 Å². The fourth-order valence-electron chi connectivity index (χ4n) is 2.51. The first-order valence-corrected chi connectivity index (χ1v) is 7.50. The van der Waals surface area contributed by atoms with Crippen LogP contribution in [-0.4, -0.2) is 46.8 Å². The number of nitro groups is 1. The Hall–Kier alpha value is -1.71. The van der Waals surface area contributed by atoms with Crippen LogP contribution in [0.4, 0.5) is 11.6 Å². The van der Waals surface area contributed by atoms with Crippen molar-refractivity contribution in [2.24, 2.45) is 0 Å². The molecule has 0 saturated carbocycles. The van der Waals surface area contributed by atoms with Gasteiger partial charge in [-0.1, -0.05) is 11.3 Å². The minimum absolute atomic E-state index is 0.0374. The van der Waals surface area contributed by atoms with Crippen molar-refractivity contribution in [2.75, 3.05) is 32.2 Å². The molecule has 1 saturated heterocycles. The van der Waals surface area contributed by atoms with Gasteiger partial charge >= 0.3 is 5.82 Å². The van der Waals surface area contributed by atoms with Crippen molar-refractivity contribution in [1.82, 2.24) is 9.38 Å². The first-order valence-electron chi connectivity index (χ1n) is 6.62. The summed E-state index contributed by atoms with van der Waals surface area (Å²) in [5, 5.41) is 16.1. The predicted molar refractivity (Wildman–Crippen MR) is 78.0 cm³/mol. The molecule has 1 fully saturated rings. The van der Waals surface area contributed by atoms with Crippen LogP contribution in [0.15, 0.2) is 11.6 Å². The van der Waals surface area contributed by atoms with Crippen LogP contribution < -0.4 is 5.32 Å². The Labute approximate surface area is 124 Å². The number of ether oxygens (including phenoxy) is 2. The molecule has 3 rings (SSSR count). The molecule has 2 aromatic rings. The highest BCUT2D eigenvalue weighted by atomic mass is 32.1. The summed E-state index contributed by atoms with van der Waals surface area (Å²) in [5.74, 6) is 0.249. The highest BCUT2D eigenvalue weighted by Crippen LogP contribution is 2.30. The van der Waals surface area contributed by atoms with E-state index in [1.807, 2.05) is 0 Å². The van der Waals surface area contributed by atoms with E-state index in [1.54, 1.807) is 18.7 Å². The van der Waals surface area contributed by atoms with E-state index >= 15 is 0 Å². The zero-order chi connectivity index (χ0) is 14.9. The quantitative estimate of drug-likeness (QED) is 0.670. The Bertz CT molecular complexity index is 647. The first-order chi connectivity index (χ1) is 10.2. The third-order valence-corrected chi connectivity index (χ3v) is 4.58. The third kappa shape index (κ3) is 2.59. The predicted octanol–water partition coefficient (Wildman–Crippen LogP) is 1.91. The maximum absolute atomic E-state index is 11.3. The molecule has 1 aliphatic rings. The number of hydrogen-bond acceptors (Lipinski definition) is 7. The van der Waals surface area contributed by atoms with Gasteiger partial charge in [0, 0.05) is 45.1 Å². The average Bonchev–Trinajstić information content (AvgIpc) is 3.05. The summed E-state index contributed by atoms with van der Waals surface area (Å²) < 4.78 is 12.4. The fraction of sp³-hybridized carbons (Fsp3) is 0.583. The van der Waals surface area contributed by atoms with E-state index in [0.29, 0.717) is 24.7 Å². The molecule has 0 aliphatic carbocycles. The van der Waals surface area contributed by atoms with E-state index < -0.39 is 4.92 Å². The Morgan fingerprint density at radius 2 is 2.38 bits per heavy atom. The van der Waals surface area contributed by atoms with E-state index in [0.717, 1.165) is 12.8 Å². The fourth-order valence-corrected chi connectivity index (χ4v) is 3.22. The van der Waals surface area contributed by atoms with Crippen LogP contribution in [0.5, 0.6) is 0 Å². The molecule has 0 radical (unpaired) electrons. The second kappa shape index (κ2) is 5.58. The molecule has 21 heavy (non-hydrogen) atoms. The number of nitrogens with one attached hydrogen (secondary N) is 1. The van der Waals surface area contributed by atoms with Gasteiger partial charge in [-0.25, -0.2) is 0 Å². The lowest BCUT2D eigenvalue weighted by Crippen LogP contribution is -2.44. The van der Waals surface area contributed by atoms with Gasteiger partial charge in [0.25, 0.3) is 4.96 Å². The van der Waals surface area contributed by atoms with Crippen molar-refractivity contribution in [3.05, 3.63) is 21.7 Å². The van der Waals surface area contributed by atoms with E-state index in [9.17, 15) is 10.1 Å². The molecule has 1 aliphatic heterocycles. The van der Waals surface area contributed by atoms with Gasteiger partial charge < -0.3 is 24.9 Å². The number of rotatable bonds is 5. The maximum atomic E-state index is 11.3. The van der Waals surface area contributed by atoms with Crippen molar-refractivity contribution < 1.29 is 14.4 Å². The molecule has 0 atom stereocenters. The number of fused-ring (bicyclic) bond motifs is 1. The summed E-state index contributed by atoms with van der Waals surface area (Å²) in [6, 6.07) is 0. The van der Waals surface area contributed by atoms with Crippen molar-refractivity contribution in [3.63, 3.8) is 0 Å². The summed E-state index contributed by atoms with van der Waals surface area (Å²) in [4.78, 5) is 15.7. The van der Waals surface area contributed by atoms with Crippen molar-refractivity contribution >= 4 is 27.9 Å². The lowest BCUT2D eigenvalue weighted by molar-refractivity contribution is -0.389. The smallest absolute Gasteiger partial charge is 0.372 e. The monoisotopic (exact) mass is 312 g/mol. The summed E-state index contributed by atoms with van der Waals surface area (Å²) in [6.45, 7) is 1.74. The topological polar surface area (TPSA) is 90.9 Å². The number of thiazole rings is 1. The zero-order valence-corrected chi connectivity index (χ0v) is 12.4. The molecule has 114 valence electrons. The summed E-state index contributed by atoms with van der Waals surface area (Å²) in [5.41, 5.74) is -0.358. The van der Waals surface area contributed by atoms with Crippen molar-refractivity contribution in [2.45, 2.75) is 18.4 Å². The van der Waals surface area contributed by atoms with E-state index in [4.69, 9.17) is 9.47 Å². The second-order valence-electron chi connectivity index (χ2n) is 4.95. The van der Waals surface area contributed by atoms with Gasteiger partial charge in [-0.2, -0.15) is 9.38 Å². The number of anilines is 1. The Morgan fingerprint density at radius 3 is 3.05 bits per heavy atom. The average molecular weight is 312 g/mol. The number of hydrogen-bond donors (Lipinski definition) is 1. The number of nitrogens with zero attached hydrogens (tertiary/aromatic N) is 3. The summed E-state index contributed by atoms with van der Waals surface area (Å²) >= 11 is 1.36. The molecular formula is C12H16N4O4S. The highest BCUT2D eigenvalue weighted by Gasteiger charge is 2.34. The van der Waals surface area contributed by atoms with E-state index in [2.05, 4.69) is 10.3 Å². The highest BCUT2D eigenvalue weighted by molar-refractivity contribution is 7.15. The number of imidazole rings is 1. The normalized spacial score (nSPS) is 18.0.